The Hall–Kier alpha value is -2.94. The molecule has 0 radical (unpaired) electrons. The minimum Gasteiger partial charge on any atom is -0.441 e. The highest BCUT2D eigenvalue weighted by Gasteiger charge is 2.37. The van der Waals surface area contributed by atoms with Crippen LogP contribution in [0.4, 0.5) is 9.59 Å². The van der Waals surface area contributed by atoms with Crippen LogP contribution in [-0.4, -0.2) is 50.2 Å². The van der Waals surface area contributed by atoms with Gasteiger partial charge in [-0.25, -0.2) is 14.6 Å². The van der Waals surface area contributed by atoms with E-state index < -0.39 is 23.3 Å². The van der Waals surface area contributed by atoms with Gasteiger partial charge >= 0.3 is 12.2 Å². The monoisotopic (exact) mass is 389 g/mol. The van der Waals surface area contributed by atoms with Gasteiger partial charge in [-0.2, -0.15) is 10.0 Å². The summed E-state index contributed by atoms with van der Waals surface area (Å²) in [4.78, 5) is 40.3. The summed E-state index contributed by atoms with van der Waals surface area (Å²) in [5, 5.41) is 3.28. The molecule has 9 nitrogen and oxygen atoms in total. The largest absolute Gasteiger partial charge is 0.459 e. The van der Waals surface area contributed by atoms with Crippen LogP contribution in [0.2, 0.25) is 0 Å². The molecule has 152 valence electrons. The highest BCUT2D eigenvalue weighted by Crippen LogP contribution is 2.26. The first kappa shape index (κ1) is 21.4. The molecule has 0 saturated heterocycles. The topological polar surface area (TPSA) is 100 Å². The third-order valence-electron chi connectivity index (χ3n) is 3.69. The van der Waals surface area contributed by atoms with Crippen LogP contribution < -0.4 is 0 Å². The second kappa shape index (κ2) is 7.97. The summed E-state index contributed by atoms with van der Waals surface area (Å²) in [5.74, 6) is 0. The lowest BCUT2D eigenvalue weighted by atomic mass is 10.1. The molecule has 0 aromatic carbocycles. The van der Waals surface area contributed by atoms with Gasteiger partial charge in [-0.05, 0) is 66.0 Å². The van der Waals surface area contributed by atoms with E-state index >= 15 is 0 Å². The predicted octanol–water partition coefficient (Wildman–Crippen LogP) is 4.07. The molecule has 2 rings (SSSR count). The fourth-order valence-electron chi connectivity index (χ4n) is 2.47. The van der Waals surface area contributed by atoms with Crippen molar-refractivity contribution in [1.29, 1.82) is 0 Å². The number of ether oxygens (including phenoxy) is 1. The van der Waals surface area contributed by atoms with Crippen LogP contribution >= 0.6 is 0 Å². The number of carbonyl (C=O) groups is 2. The van der Waals surface area contributed by atoms with Gasteiger partial charge in [0, 0.05) is 29.9 Å². The third-order valence-corrected chi connectivity index (χ3v) is 3.69. The number of carbonyl (C=O) groups excluding carboxylic acids is 2. The fourth-order valence-corrected chi connectivity index (χ4v) is 2.47. The van der Waals surface area contributed by atoms with E-state index in [2.05, 4.69) is 21.7 Å². The van der Waals surface area contributed by atoms with Crippen molar-refractivity contribution < 1.29 is 19.2 Å². The van der Waals surface area contributed by atoms with Crippen LogP contribution in [0.3, 0.4) is 0 Å². The molecule has 0 aliphatic rings. The molecule has 0 aliphatic heterocycles. The third kappa shape index (κ3) is 5.29. The summed E-state index contributed by atoms with van der Waals surface area (Å²) in [7, 11) is 0. The maximum atomic E-state index is 12.8. The number of hydrogen-bond acceptors (Lipinski definition) is 6. The zero-order valence-corrected chi connectivity index (χ0v) is 17.1. The van der Waals surface area contributed by atoms with Gasteiger partial charge in [-0.15, -0.1) is 0 Å². The minimum absolute atomic E-state index is 0.249. The Bertz CT molecular complexity index is 863. The minimum atomic E-state index is -1.01. The second-order valence-corrected chi connectivity index (χ2v) is 8.21. The van der Waals surface area contributed by atoms with E-state index in [1.165, 1.54) is 0 Å². The summed E-state index contributed by atoms with van der Waals surface area (Å²) in [6.45, 7) is 14.2. The first-order valence-corrected chi connectivity index (χ1v) is 8.82. The molecule has 0 fully saturated rings. The maximum absolute atomic E-state index is 12.8. The van der Waals surface area contributed by atoms with Gasteiger partial charge < -0.3 is 9.72 Å². The normalized spacial score (nSPS) is 12.1. The van der Waals surface area contributed by atoms with Crippen molar-refractivity contribution >= 4 is 29.9 Å². The number of fused-ring (bicyclic) bond motifs is 1. The van der Waals surface area contributed by atoms with Crippen molar-refractivity contribution in [3.8, 4) is 0 Å². The van der Waals surface area contributed by atoms with Gasteiger partial charge in [0.2, 0.25) is 0 Å². The Labute approximate surface area is 164 Å². The molecule has 0 aliphatic carbocycles. The van der Waals surface area contributed by atoms with Gasteiger partial charge in [0.15, 0.2) is 0 Å². The van der Waals surface area contributed by atoms with E-state index in [0.717, 1.165) is 21.8 Å². The van der Waals surface area contributed by atoms with E-state index in [1.807, 2.05) is 32.9 Å². The smallest absolute Gasteiger partial charge is 0.441 e. The molecule has 0 saturated carbocycles. The van der Waals surface area contributed by atoms with Crippen molar-refractivity contribution in [3.63, 3.8) is 0 Å². The molecule has 0 unspecified atom stereocenters. The highest BCUT2D eigenvalue weighted by atomic mass is 16.8. The van der Waals surface area contributed by atoms with Crippen LogP contribution in [0.15, 0.2) is 29.5 Å². The summed E-state index contributed by atoms with van der Waals surface area (Å²) in [6, 6.07) is 3.75. The Morgan fingerprint density at radius 2 is 1.93 bits per heavy atom. The van der Waals surface area contributed by atoms with E-state index in [9.17, 15) is 9.59 Å². The maximum Gasteiger partial charge on any atom is 0.459 e. The standard InChI is InChI=1S/C19H27N5O4/c1-18(2,3)23(12-13-11-22-15-14(13)9-8-10-21-15)24(28-16(25)20-7)17(26)27-19(4,5)6/h8-11H,7,12H2,1-6H3,(H,21,22). The van der Waals surface area contributed by atoms with Crippen LogP contribution in [0.5, 0.6) is 0 Å². The van der Waals surface area contributed by atoms with Gasteiger partial charge in [0.05, 0.1) is 0 Å². The molecule has 2 heterocycles. The van der Waals surface area contributed by atoms with Crippen LogP contribution in [-0.2, 0) is 16.1 Å². The van der Waals surface area contributed by atoms with E-state index in [0.29, 0.717) is 0 Å². The number of H-pyrrole nitrogens is 1. The van der Waals surface area contributed by atoms with Gasteiger partial charge in [-0.3, -0.25) is 4.84 Å². The zero-order chi connectivity index (χ0) is 21.1. The number of aromatic amines is 1. The van der Waals surface area contributed by atoms with Crippen molar-refractivity contribution in [2.24, 2.45) is 4.99 Å². The lowest BCUT2D eigenvalue weighted by Crippen LogP contribution is -2.56. The number of hydrogen-bond donors (Lipinski definition) is 1. The number of nitrogens with zero attached hydrogens (tertiary/aromatic N) is 4. The molecule has 0 atom stereocenters. The van der Waals surface area contributed by atoms with Crippen LogP contribution in [0.25, 0.3) is 11.0 Å². The van der Waals surface area contributed by atoms with Crippen LogP contribution in [0, 0.1) is 0 Å². The number of rotatable bonds is 3. The van der Waals surface area contributed by atoms with Crippen molar-refractivity contribution in [2.75, 3.05) is 0 Å². The Balaban J connectivity index is 2.43. The Morgan fingerprint density at radius 3 is 2.50 bits per heavy atom. The van der Waals surface area contributed by atoms with Gasteiger partial charge in [0.25, 0.3) is 0 Å². The van der Waals surface area contributed by atoms with Crippen molar-refractivity contribution in [2.45, 2.75) is 59.2 Å². The number of aliphatic imine (C=N–C) groups is 1. The summed E-state index contributed by atoms with van der Waals surface area (Å²) in [6.07, 6.45) is 1.64. The SMILES string of the molecule is C=NC(=O)ON(C(=O)OC(C)(C)C)N(Cc1c[nH]c2ncccc12)C(C)(C)C. The molecule has 0 spiro atoms. The molecule has 1 N–H and O–H groups in total. The fraction of sp³-hybridized carbons (Fsp3) is 0.474. The average molecular weight is 389 g/mol. The van der Waals surface area contributed by atoms with Crippen LogP contribution in [0.1, 0.15) is 47.1 Å². The van der Waals surface area contributed by atoms with Crippen molar-refractivity contribution in [3.05, 3.63) is 30.1 Å². The second-order valence-electron chi connectivity index (χ2n) is 8.21. The zero-order valence-electron chi connectivity index (χ0n) is 17.1. The quantitative estimate of drug-likeness (QED) is 0.627. The molecular formula is C19H27N5O4. The molecular weight excluding hydrogens is 362 g/mol. The number of aromatic nitrogens is 2. The summed E-state index contributed by atoms with van der Waals surface area (Å²) in [5.41, 5.74) is 0.205. The number of amides is 2. The van der Waals surface area contributed by atoms with E-state index in [4.69, 9.17) is 9.57 Å². The first-order valence-electron chi connectivity index (χ1n) is 8.82. The number of hydrazine groups is 1. The Kier molecular flexibility index (Phi) is 6.08. The molecule has 0 bridgehead atoms. The molecule has 2 amide bonds. The molecule has 28 heavy (non-hydrogen) atoms. The number of nitrogens with one attached hydrogen (secondary N) is 1. The summed E-state index contributed by atoms with van der Waals surface area (Å²) >= 11 is 0. The first-order chi connectivity index (χ1) is 12.9. The highest BCUT2D eigenvalue weighted by molar-refractivity contribution is 5.79. The Morgan fingerprint density at radius 1 is 1.25 bits per heavy atom. The number of pyridine rings is 1. The lowest BCUT2D eigenvalue weighted by Gasteiger charge is -2.40. The lowest BCUT2D eigenvalue weighted by molar-refractivity contribution is -0.251. The molecule has 2 aromatic rings. The predicted molar refractivity (Wildman–Crippen MR) is 105 cm³/mol. The van der Waals surface area contributed by atoms with Gasteiger partial charge in [0.1, 0.15) is 11.2 Å². The van der Waals surface area contributed by atoms with Gasteiger partial charge in [-0.1, -0.05) is 5.17 Å². The molecule has 2 aromatic heterocycles. The molecule has 9 heteroatoms. The van der Waals surface area contributed by atoms with Crippen molar-refractivity contribution in [1.82, 2.24) is 20.1 Å². The average Bonchev–Trinajstić information content (AvgIpc) is 2.98. The number of hydroxylamine groups is 1. The van der Waals surface area contributed by atoms with E-state index in [-0.39, 0.29) is 6.54 Å². The summed E-state index contributed by atoms with van der Waals surface area (Å²) < 4.78 is 5.41. The van der Waals surface area contributed by atoms with E-state index in [1.54, 1.807) is 38.2 Å².